The van der Waals surface area contributed by atoms with Gasteiger partial charge in [0.1, 0.15) is 11.0 Å². The van der Waals surface area contributed by atoms with Crippen LogP contribution in [0.3, 0.4) is 0 Å². The molecule has 2 heterocycles. The summed E-state index contributed by atoms with van der Waals surface area (Å²) in [4.78, 5) is 33.6. The molecular weight excluding hydrogens is 442 g/mol. The van der Waals surface area contributed by atoms with E-state index in [0.29, 0.717) is 28.1 Å². The van der Waals surface area contributed by atoms with Crippen LogP contribution in [0.2, 0.25) is 5.15 Å². The van der Waals surface area contributed by atoms with E-state index in [9.17, 15) is 14.7 Å². The zero-order valence-corrected chi connectivity index (χ0v) is 19.0. The van der Waals surface area contributed by atoms with Crippen LogP contribution in [0.5, 0.6) is 0 Å². The highest BCUT2D eigenvalue weighted by atomic mass is 35.5. The molecule has 1 atom stereocenters. The summed E-state index contributed by atoms with van der Waals surface area (Å²) in [6.45, 7) is 3.77. The molecule has 168 valence electrons. The Kier molecular flexibility index (Phi) is 5.78. The lowest BCUT2D eigenvalue weighted by Crippen LogP contribution is -2.22. The highest BCUT2D eigenvalue weighted by molar-refractivity contribution is 6.29. The van der Waals surface area contributed by atoms with E-state index in [1.54, 1.807) is 31.3 Å². The molecule has 8 nitrogen and oxygen atoms in total. The van der Waals surface area contributed by atoms with Crippen molar-refractivity contribution in [1.29, 1.82) is 0 Å². The summed E-state index contributed by atoms with van der Waals surface area (Å²) in [5, 5.41) is 13.3. The number of carboxylic acid groups (broad SMARTS) is 1. The Morgan fingerprint density at radius 3 is 2.64 bits per heavy atom. The van der Waals surface area contributed by atoms with Crippen molar-refractivity contribution in [2.24, 2.45) is 7.05 Å². The minimum atomic E-state index is -1.20. The van der Waals surface area contributed by atoms with Crippen LogP contribution >= 0.6 is 11.6 Å². The molecule has 0 aliphatic rings. The average Bonchev–Trinajstić information content (AvgIpc) is 2.77. The highest BCUT2D eigenvalue weighted by Crippen LogP contribution is 2.29. The number of hydrogen-bond donors (Lipinski definition) is 3. The number of carboxylic acids is 1. The van der Waals surface area contributed by atoms with Gasteiger partial charge in [-0.2, -0.15) is 0 Å². The number of aryl methyl sites for hydroxylation is 1. The first kappa shape index (κ1) is 22.3. The van der Waals surface area contributed by atoms with Crippen LogP contribution in [-0.2, 0) is 7.05 Å². The Bertz CT molecular complexity index is 1460. The van der Waals surface area contributed by atoms with Crippen LogP contribution in [-0.4, -0.2) is 25.6 Å². The maximum atomic E-state index is 13.2. The van der Waals surface area contributed by atoms with Crippen LogP contribution in [0.1, 0.15) is 34.6 Å². The molecule has 0 saturated heterocycles. The summed E-state index contributed by atoms with van der Waals surface area (Å²) < 4.78 is 1.50. The highest BCUT2D eigenvalue weighted by Gasteiger charge is 2.20. The van der Waals surface area contributed by atoms with E-state index in [1.807, 2.05) is 32.0 Å². The number of aromatic carboxylic acids is 1. The van der Waals surface area contributed by atoms with Crippen molar-refractivity contribution in [3.05, 3.63) is 80.9 Å². The second-order valence-electron chi connectivity index (χ2n) is 7.88. The smallest absolute Gasteiger partial charge is 0.356 e. The van der Waals surface area contributed by atoms with Crippen LogP contribution in [0.25, 0.3) is 22.3 Å². The first-order chi connectivity index (χ1) is 15.7. The molecule has 9 heteroatoms. The fourth-order valence-electron chi connectivity index (χ4n) is 3.84. The van der Waals surface area contributed by atoms with E-state index in [0.717, 1.165) is 16.7 Å². The Morgan fingerprint density at radius 1 is 1.18 bits per heavy atom. The normalized spacial score (nSPS) is 12.0. The molecule has 4 rings (SSSR count). The maximum Gasteiger partial charge on any atom is 0.356 e. The molecule has 0 unspecified atom stereocenters. The number of aromatic nitrogens is 3. The van der Waals surface area contributed by atoms with Crippen LogP contribution in [0.15, 0.2) is 53.3 Å². The monoisotopic (exact) mass is 463 g/mol. The standard InChI is InChI=1S/C24H22ClN5O3/c1-12-9-16(13(2)27-18-7-8-19(25)28-21(18)24(32)33)20-17(10-12)23(31)30(3)22(29-20)14-5-4-6-15(26)11-14/h4-11,13,27H,26H2,1-3H3,(H,32,33)/t13-/m1/s1. The lowest BCUT2D eigenvalue weighted by molar-refractivity contribution is 0.0691. The van der Waals surface area contributed by atoms with Crippen LogP contribution < -0.4 is 16.6 Å². The van der Waals surface area contributed by atoms with Gasteiger partial charge < -0.3 is 16.2 Å². The Morgan fingerprint density at radius 2 is 1.94 bits per heavy atom. The van der Waals surface area contributed by atoms with Crippen molar-refractivity contribution in [3.8, 4) is 11.4 Å². The predicted octanol–water partition coefficient (Wildman–Crippen LogP) is 4.41. The molecule has 33 heavy (non-hydrogen) atoms. The van der Waals surface area contributed by atoms with E-state index in [4.69, 9.17) is 22.3 Å². The molecule has 0 saturated carbocycles. The summed E-state index contributed by atoms with van der Waals surface area (Å²) in [6, 6.07) is 13.6. The Hall–Kier alpha value is -3.91. The van der Waals surface area contributed by atoms with Gasteiger partial charge in [0.15, 0.2) is 5.69 Å². The first-order valence-corrected chi connectivity index (χ1v) is 10.6. The van der Waals surface area contributed by atoms with E-state index < -0.39 is 5.97 Å². The van der Waals surface area contributed by atoms with Gasteiger partial charge in [0, 0.05) is 23.9 Å². The minimum Gasteiger partial charge on any atom is -0.476 e. The number of nitrogen functional groups attached to an aromatic ring is 1. The van der Waals surface area contributed by atoms with Gasteiger partial charge in [0.2, 0.25) is 0 Å². The number of nitrogens with zero attached hydrogens (tertiary/aromatic N) is 3. The SMILES string of the molecule is Cc1cc([C@@H](C)Nc2ccc(Cl)nc2C(=O)O)c2nc(-c3cccc(N)c3)n(C)c(=O)c2c1. The summed E-state index contributed by atoms with van der Waals surface area (Å²) in [6.07, 6.45) is 0. The number of benzene rings is 2. The Labute approximate surface area is 194 Å². The average molecular weight is 464 g/mol. The second-order valence-corrected chi connectivity index (χ2v) is 8.26. The van der Waals surface area contributed by atoms with Crippen molar-refractivity contribution >= 4 is 39.8 Å². The van der Waals surface area contributed by atoms with E-state index in [1.165, 1.54) is 10.6 Å². The molecular formula is C24H22ClN5O3. The van der Waals surface area contributed by atoms with Gasteiger partial charge in [-0.15, -0.1) is 0 Å². The molecule has 0 spiro atoms. The zero-order valence-electron chi connectivity index (χ0n) is 18.3. The third kappa shape index (κ3) is 4.25. The molecule has 0 aliphatic heterocycles. The summed E-state index contributed by atoms with van der Waals surface area (Å²) in [5.41, 5.74) is 9.33. The first-order valence-electron chi connectivity index (χ1n) is 10.2. The molecule has 0 amide bonds. The van der Waals surface area contributed by atoms with Gasteiger partial charge in [0.05, 0.1) is 22.6 Å². The van der Waals surface area contributed by atoms with Gasteiger partial charge in [-0.1, -0.05) is 29.8 Å². The van der Waals surface area contributed by atoms with Gasteiger partial charge in [-0.05, 0) is 49.7 Å². The number of rotatable bonds is 5. The molecule has 2 aromatic heterocycles. The summed E-state index contributed by atoms with van der Waals surface area (Å²) >= 11 is 5.87. The maximum absolute atomic E-state index is 13.2. The Balaban J connectivity index is 1.89. The topological polar surface area (TPSA) is 123 Å². The summed E-state index contributed by atoms with van der Waals surface area (Å²) in [5.74, 6) is -0.714. The van der Waals surface area contributed by atoms with E-state index in [-0.39, 0.29) is 22.4 Å². The number of pyridine rings is 1. The van der Waals surface area contributed by atoms with Crippen molar-refractivity contribution in [2.45, 2.75) is 19.9 Å². The number of hydrogen-bond acceptors (Lipinski definition) is 6. The number of nitrogens with one attached hydrogen (secondary N) is 1. The fraction of sp³-hybridized carbons (Fsp3) is 0.167. The number of halogens is 1. The van der Waals surface area contributed by atoms with Crippen molar-refractivity contribution in [1.82, 2.24) is 14.5 Å². The molecule has 0 aliphatic carbocycles. The number of anilines is 2. The van der Waals surface area contributed by atoms with Crippen molar-refractivity contribution < 1.29 is 9.90 Å². The molecule has 0 bridgehead atoms. The van der Waals surface area contributed by atoms with E-state index in [2.05, 4.69) is 10.3 Å². The largest absolute Gasteiger partial charge is 0.476 e. The van der Waals surface area contributed by atoms with Crippen LogP contribution in [0.4, 0.5) is 11.4 Å². The number of fused-ring (bicyclic) bond motifs is 1. The lowest BCUT2D eigenvalue weighted by atomic mass is 10.0. The number of carbonyl (C=O) groups is 1. The minimum absolute atomic E-state index is 0.0866. The van der Waals surface area contributed by atoms with Gasteiger partial charge in [-0.3, -0.25) is 9.36 Å². The van der Waals surface area contributed by atoms with Crippen molar-refractivity contribution in [2.75, 3.05) is 11.1 Å². The van der Waals surface area contributed by atoms with Crippen molar-refractivity contribution in [3.63, 3.8) is 0 Å². The lowest BCUT2D eigenvalue weighted by Gasteiger charge is -2.20. The quantitative estimate of drug-likeness (QED) is 0.296. The predicted molar refractivity (Wildman–Crippen MR) is 130 cm³/mol. The zero-order chi connectivity index (χ0) is 23.9. The molecule has 4 N–H and O–H groups in total. The summed E-state index contributed by atoms with van der Waals surface area (Å²) in [7, 11) is 1.68. The molecule has 0 radical (unpaired) electrons. The van der Waals surface area contributed by atoms with Gasteiger partial charge in [0.25, 0.3) is 5.56 Å². The third-order valence-electron chi connectivity index (χ3n) is 5.40. The molecule has 2 aromatic carbocycles. The molecule has 4 aromatic rings. The van der Waals surface area contributed by atoms with E-state index >= 15 is 0 Å². The fourth-order valence-corrected chi connectivity index (χ4v) is 3.99. The molecule has 0 fully saturated rings. The van der Waals surface area contributed by atoms with Gasteiger partial charge in [-0.25, -0.2) is 14.8 Å². The van der Waals surface area contributed by atoms with Gasteiger partial charge >= 0.3 is 5.97 Å². The third-order valence-corrected chi connectivity index (χ3v) is 5.61. The second kappa shape index (κ2) is 8.55. The number of nitrogens with two attached hydrogens (primary N) is 1. The van der Waals surface area contributed by atoms with Crippen LogP contribution in [0, 0.1) is 6.92 Å².